The number of fused-ring (bicyclic) bond motifs is 3. The van der Waals surface area contributed by atoms with E-state index >= 15 is 0 Å². The van der Waals surface area contributed by atoms with E-state index in [4.69, 9.17) is 4.74 Å². The van der Waals surface area contributed by atoms with Crippen molar-refractivity contribution in [3.63, 3.8) is 0 Å². The first-order chi connectivity index (χ1) is 14.8. The Labute approximate surface area is 180 Å². The Morgan fingerprint density at radius 1 is 1.03 bits per heavy atom. The maximum absolute atomic E-state index is 13.1. The van der Waals surface area contributed by atoms with Crippen LogP contribution in [0.2, 0.25) is 0 Å². The largest absolute Gasteiger partial charge is 0.507 e. The Bertz CT molecular complexity index is 1070. The van der Waals surface area contributed by atoms with E-state index < -0.39 is 11.6 Å². The van der Waals surface area contributed by atoms with Crippen molar-refractivity contribution in [3.8, 4) is 17.2 Å². The number of rotatable bonds is 3. The zero-order chi connectivity index (χ0) is 22.9. The maximum atomic E-state index is 13.1. The summed E-state index contributed by atoms with van der Waals surface area (Å²) in [4.78, 5) is 37.9. The van der Waals surface area contributed by atoms with Crippen LogP contribution in [0.5, 0.6) is 17.2 Å². The molecule has 2 N–H and O–H groups in total. The van der Waals surface area contributed by atoms with Crippen molar-refractivity contribution in [1.29, 1.82) is 0 Å². The number of methoxy groups -OCH3 is 2. The molecule has 0 radical (unpaired) electrons. The Hall–Kier alpha value is -3.19. The summed E-state index contributed by atoms with van der Waals surface area (Å²) in [6.07, 6.45) is 1.12. The third-order valence-electron chi connectivity index (χ3n) is 5.89. The van der Waals surface area contributed by atoms with Crippen LogP contribution in [0.1, 0.15) is 63.2 Å². The molecule has 0 spiro atoms. The van der Waals surface area contributed by atoms with Crippen LogP contribution in [-0.2, 0) is 22.4 Å². The standard InChI is InChI=1S/C21H18O6.C3H8O/c1-9(22)10-6-7-11-13(8-10)20(25)16-17(18(11)23)21(26)15-12(19(16)24)4-3-5-14(15)27-2;1-3-4-2/h3-5,10,23,25H,6-8H2,1-2H3;3H2,1-2H3. The molecule has 2 aromatic rings. The summed E-state index contributed by atoms with van der Waals surface area (Å²) in [6, 6.07) is 4.66. The molecule has 0 saturated carbocycles. The fourth-order valence-corrected chi connectivity index (χ4v) is 4.15. The van der Waals surface area contributed by atoms with Crippen LogP contribution in [0, 0.1) is 5.92 Å². The van der Waals surface area contributed by atoms with Gasteiger partial charge in [-0.3, -0.25) is 14.4 Å². The molecule has 2 aromatic carbocycles. The number of benzene rings is 2. The molecule has 1 unspecified atom stereocenters. The predicted molar refractivity (Wildman–Crippen MR) is 113 cm³/mol. The zero-order valence-electron chi connectivity index (χ0n) is 18.1. The minimum absolute atomic E-state index is 0.00487. The molecule has 0 saturated heterocycles. The van der Waals surface area contributed by atoms with Gasteiger partial charge >= 0.3 is 0 Å². The van der Waals surface area contributed by atoms with E-state index in [1.807, 2.05) is 6.92 Å². The van der Waals surface area contributed by atoms with Crippen molar-refractivity contribution < 1.29 is 34.1 Å². The molecular weight excluding hydrogens is 400 g/mol. The van der Waals surface area contributed by atoms with E-state index in [2.05, 4.69) is 4.74 Å². The van der Waals surface area contributed by atoms with Gasteiger partial charge in [-0.05, 0) is 39.2 Å². The molecule has 7 nitrogen and oxygen atoms in total. The quantitative estimate of drug-likeness (QED) is 0.619. The van der Waals surface area contributed by atoms with Gasteiger partial charge in [-0.2, -0.15) is 0 Å². The summed E-state index contributed by atoms with van der Waals surface area (Å²) in [7, 11) is 3.08. The second kappa shape index (κ2) is 8.89. The first kappa shape index (κ1) is 22.5. The van der Waals surface area contributed by atoms with Crippen molar-refractivity contribution in [3.05, 3.63) is 51.6 Å². The third-order valence-corrected chi connectivity index (χ3v) is 5.89. The number of carbonyl (C=O) groups is 3. The van der Waals surface area contributed by atoms with Crippen molar-refractivity contribution in [2.75, 3.05) is 20.8 Å². The first-order valence-electron chi connectivity index (χ1n) is 10.1. The minimum Gasteiger partial charge on any atom is -0.507 e. The van der Waals surface area contributed by atoms with Crippen LogP contribution in [-0.4, -0.2) is 48.4 Å². The highest BCUT2D eigenvalue weighted by atomic mass is 16.5. The lowest BCUT2D eigenvalue weighted by Crippen LogP contribution is -2.26. The Kier molecular flexibility index (Phi) is 6.45. The van der Waals surface area contributed by atoms with Crippen LogP contribution in [0.4, 0.5) is 0 Å². The number of phenolic OH excluding ortho intramolecular Hbond substituents is 2. The Morgan fingerprint density at radius 2 is 1.65 bits per heavy atom. The molecule has 0 aromatic heterocycles. The highest BCUT2D eigenvalue weighted by molar-refractivity contribution is 6.31. The molecule has 0 bridgehead atoms. The zero-order valence-corrected chi connectivity index (χ0v) is 18.1. The average molecular weight is 426 g/mol. The Balaban J connectivity index is 0.000000628. The lowest BCUT2D eigenvalue weighted by atomic mass is 9.75. The molecule has 0 fully saturated rings. The number of hydrogen-bond donors (Lipinski definition) is 2. The first-order valence-corrected chi connectivity index (χ1v) is 10.1. The van der Waals surface area contributed by atoms with E-state index in [0.717, 1.165) is 6.61 Å². The van der Waals surface area contributed by atoms with Gasteiger partial charge in [0.2, 0.25) is 5.78 Å². The summed E-state index contributed by atoms with van der Waals surface area (Å²) in [5, 5.41) is 21.6. The average Bonchev–Trinajstić information content (AvgIpc) is 2.78. The van der Waals surface area contributed by atoms with Gasteiger partial charge in [0.15, 0.2) is 5.78 Å². The summed E-state index contributed by atoms with van der Waals surface area (Å²) >= 11 is 0. The number of hydrogen-bond acceptors (Lipinski definition) is 7. The van der Waals surface area contributed by atoms with Gasteiger partial charge in [-0.25, -0.2) is 0 Å². The third kappa shape index (κ3) is 3.70. The summed E-state index contributed by atoms with van der Waals surface area (Å²) in [6.45, 7) is 4.27. The van der Waals surface area contributed by atoms with Crippen molar-refractivity contribution in [2.24, 2.45) is 5.92 Å². The van der Waals surface area contributed by atoms with Gasteiger partial charge in [0.25, 0.3) is 0 Å². The molecular formula is C24H26O7. The number of ether oxygens (including phenoxy) is 2. The number of aromatic hydroxyl groups is 2. The molecule has 2 aliphatic rings. The van der Waals surface area contributed by atoms with Crippen molar-refractivity contribution in [2.45, 2.75) is 33.1 Å². The fourth-order valence-electron chi connectivity index (χ4n) is 4.15. The number of Topliss-reactive ketones (excluding diaryl/α,β-unsaturated/α-hetero) is 1. The fraction of sp³-hybridized carbons (Fsp3) is 0.375. The summed E-state index contributed by atoms with van der Waals surface area (Å²) in [5.41, 5.74) is 0.647. The predicted octanol–water partition coefficient (Wildman–Crippen LogP) is 3.23. The second-order valence-electron chi connectivity index (χ2n) is 7.57. The van der Waals surface area contributed by atoms with E-state index in [1.165, 1.54) is 20.1 Å². The second-order valence-corrected chi connectivity index (χ2v) is 7.57. The molecule has 164 valence electrons. The van der Waals surface area contributed by atoms with Crippen LogP contribution >= 0.6 is 0 Å². The lowest BCUT2D eigenvalue weighted by molar-refractivity contribution is -0.121. The van der Waals surface area contributed by atoms with Crippen LogP contribution in [0.3, 0.4) is 0 Å². The van der Waals surface area contributed by atoms with Gasteiger partial charge < -0.3 is 19.7 Å². The van der Waals surface area contributed by atoms with E-state index in [0.29, 0.717) is 24.0 Å². The van der Waals surface area contributed by atoms with Gasteiger partial charge in [-0.15, -0.1) is 0 Å². The minimum atomic E-state index is -0.554. The Morgan fingerprint density at radius 3 is 2.23 bits per heavy atom. The maximum Gasteiger partial charge on any atom is 0.202 e. The molecule has 0 aliphatic heterocycles. The van der Waals surface area contributed by atoms with Gasteiger partial charge in [0.05, 0.1) is 23.8 Å². The number of phenols is 2. The van der Waals surface area contributed by atoms with Gasteiger partial charge in [0, 0.05) is 36.3 Å². The lowest BCUT2D eigenvalue weighted by Gasteiger charge is -2.29. The summed E-state index contributed by atoms with van der Waals surface area (Å²) < 4.78 is 9.76. The van der Waals surface area contributed by atoms with Gasteiger partial charge in [-0.1, -0.05) is 12.1 Å². The van der Waals surface area contributed by atoms with Crippen molar-refractivity contribution in [1.82, 2.24) is 0 Å². The van der Waals surface area contributed by atoms with Crippen LogP contribution in [0.15, 0.2) is 18.2 Å². The number of carbonyl (C=O) groups excluding carboxylic acids is 3. The topological polar surface area (TPSA) is 110 Å². The summed E-state index contributed by atoms with van der Waals surface area (Å²) in [5.74, 6) is -1.73. The van der Waals surface area contributed by atoms with E-state index in [-0.39, 0.29) is 57.6 Å². The van der Waals surface area contributed by atoms with E-state index in [9.17, 15) is 24.6 Å². The monoisotopic (exact) mass is 426 g/mol. The molecule has 31 heavy (non-hydrogen) atoms. The molecule has 1 atom stereocenters. The van der Waals surface area contributed by atoms with Crippen LogP contribution < -0.4 is 4.74 Å². The highest BCUT2D eigenvalue weighted by Gasteiger charge is 2.40. The molecule has 0 amide bonds. The van der Waals surface area contributed by atoms with E-state index in [1.54, 1.807) is 19.2 Å². The highest BCUT2D eigenvalue weighted by Crippen LogP contribution is 2.47. The molecule has 7 heteroatoms. The van der Waals surface area contributed by atoms with Crippen LogP contribution in [0.25, 0.3) is 0 Å². The normalized spacial score (nSPS) is 16.5. The molecule has 0 heterocycles. The SMILES string of the molecule is CCOC.COc1cccc2c1C(=O)c1c(O)c3c(c(O)c1C2=O)CC(C(C)=O)CC3. The van der Waals surface area contributed by atoms with Gasteiger partial charge in [0.1, 0.15) is 23.0 Å². The number of ketones is 3. The molecule has 4 rings (SSSR count). The van der Waals surface area contributed by atoms with Crippen molar-refractivity contribution >= 4 is 17.3 Å². The molecule has 2 aliphatic carbocycles. The smallest absolute Gasteiger partial charge is 0.202 e.